The molecule has 7 heteroatoms. The van der Waals surface area contributed by atoms with Crippen molar-refractivity contribution >= 4 is 22.5 Å². The highest BCUT2D eigenvalue weighted by Crippen LogP contribution is 2.32. The van der Waals surface area contributed by atoms with Crippen LogP contribution in [0.4, 0.5) is 0 Å². The lowest BCUT2D eigenvalue weighted by Gasteiger charge is -2.05. The summed E-state index contributed by atoms with van der Waals surface area (Å²) in [6, 6.07) is 12.3. The molecule has 0 unspecified atom stereocenters. The van der Waals surface area contributed by atoms with Gasteiger partial charge in [0.1, 0.15) is 11.3 Å². The molecule has 4 rings (SSSR count). The zero-order valence-electron chi connectivity index (χ0n) is 13.1. The van der Waals surface area contributed by atoms with E-state index in [1.165, 1.54) is 0 Å². The summed E-state index contributed by atoms with van der Waals surface area (Å²) in [5.41, 5.74) is 1.57. The van der Waals surface area contributed by atoms with Gasteiger partial charge in [-0.3, -0.25) is 4.79 Å². The predicted octanol–water partition coefficient (Wildman–Crippen LogP) is 3.91. The highest BCUT2D eigenvalue weighted by molar-refractivity contribution is 6.30. The van der Waals surface area contributed by atoms with Crippen LogP contribution in [-0.4, -0.2) is 20.2 Å². The molecule has 0 amide bonds. The van der Waals surface area contributed by atoms with Crippen molar-refractivity contribution in [2.24, 2.45) is 0 Å². The average Bonchev–Trinajstić information content (AvgIpc) is 3.05. The van der Waals surface area contributed by atoms with E-state index in [0.29, 0.717) is 21.5 Å². The van der Waals surface area contributed by atoms with Gasteiger partial charge in [-0.25, -0.2) is 0 Å². The average molecular weight is 354 g/mol. The molecule has 2 aromatic heterocycles. The van der Waals surface area contributed by atoms with Crippen molar-refractivity contribution in [3.05, 3.63) is 63.4 Å². The number of nitrogens with one attached hydrogen (secondary N) is 1. The minimum Gasteiger partial charge on any atom is -0.506 e. The minimum absolute atomic E-state index is 0.0566. The number of nitrogens with zero attached hydrogens (tertiary/aromatic N) is 2. The van der Waals surface area contributed by atoms with Crippen LogP contribution >= 0.6 is 11.6 Å². The fraction of sp³-hybridized carbons (Fsp3) is 0.0556. The molecule has 0 atom stereocenters. The van der Waals surface area contributed by atoms with E-state index in [9.17, 15) is 9.90 Å². The number of aryl methyl sites for hydroxylation is 1. The molecule has 4 aromatic rings. The van der Waals surface area contributed by atoms with Crippen LogP contribution in [0.5, 0.6) is 5.75 Å². The van der Waals surface area contributed by atoms with Crippen LogP contribution in [-0.2, 0) is 0 Å². The molecular formula is C18H12ClN3O3. The first-order chi connectivity index (χ1) is 12.0. The summed E-state index contributed by atoms with van der Waals surface area (Å²) in [5, 5.41) is 15.5. The molecule has 0 aliphatic rings. The molecule has 2 aromatic carbocycles. The van der Waals surface area contributed by atoms with Crippen LogP contribution in [0, 0.1) is 6.92 Å². The van der Waals surface area contributed by atoms with Crippen LogP contribution < -0.4 is 5.56 Å². The molecule has 0 bridgehead atoms. The summed E-state index contributed by atoms with van der Waals surface area (Å²) in [4.78, 5) is 19.3. The van der Waals surface area contributed by atoms with Crippen LogP contribution in [0.25, 0.3) is 33.7 Å². The Hall–Kier alpha value is -3.12. The topological polar surface area (TPSA) is 92.0 Å². The van der Waals surface area contributed by atoms with E-state index in [1.54, 1.807) is 36.4 Å². The number of halogens is 1. The van der Waals surface area contributed by atoms with Gasteiger partial charge in [0.15, 0.2) is 0 Å². The number of hydrogen-bond acceptors (Lipinski definition) is 5. The van der Waals surface area contributed by atoms with Gasteiger partial charge in [0.25, 0.3) is 11.4 Å². The third-order valence-corrected chi connectivity index (χ3v) is 4.10. The molecule has 0 saturated carbocycles. The molecule has 124 valence electrons. The molecule has 0 saturated heterocycles. The first-order valence-corrected chi connectivity index (χ1v) is 7.86. The number of benzene rings is 2. The quantitative estimate of drug-likeness (QED) is 0.570. The molecule has 0 fully saturated rings. The van der Waals surface area contributed by atoms with Gasteiger partial charge in [-0.15, -0.1) is 0 Å². The highest BCUT2D eigenvalue weighted by Gasteiger charge is 2.20. The van der Waals surface area contributed by atoms with Gasteiger partial charge in [-0.05, 0) is 31.2 Å². The van der Waals surface area contributed by atoms with Crippen LogP contribution in [0.15, 0.2) is 51.8 Å². The molecule has 0 aliphatic heterocycles. The standard InChI is InChI=1S/C18H12ClN3O3/c1-9-5-6-13-12(7-9)15(23)14(17(24)20-13)18-21-16(22-25-18)10-3-2-4-11(19)8-10/h2-8H,1H3,(H2,20,23,24). The van der Waals surface area contributed by atoms with E-state index < -0.39 is 5.56 Å². The SMILES string of the molecule is Cc1ccc2[nH]c(=O)c(-c3nc(-c4cccc(Cl)c4)no3)c(O)c2c1. The summed E-state index contributed by atoms with van der Waals surface area (Å²) in [7, 11) is 0. The molecule has 2 N–H and O–H groups in total. The van der Waals surface area contributed by atoms with Gasteiger partial charge < -0.3 is 14.6 Å². The molecule has 0 aliphatic carbocycles. The molecule has 25 heavy (non-hydrogen) atoms. The van der Waals surface area contributed by atoms with Crippen molar-refractivity contribution in [2.75, 3.05) is 0 Å². The lowest BCUT2D eigenvalue weighted by Crippen LogP contribution is -2.09. The van der Waals surface area contributed by atoms with E-state index in [4.69, 9.17) is 16.1 Å². The number of hydrogen-bond donors (Lipinski definition) is 2. The molecule has 0 spiro atoms. The summed E-state index contributed by atoms with van der Waals surface area (Å²) in [6.07, 6.45) is 0. The summed E-state index contributed by atoms with van der Waals surface area (Å²) >= 11 is 5.97. The number of rotatable bonds is 2. The van der Waals surface area contributed by atoms with Gasteiger partial charge >= 0.3 is 0 Å². The van der Waals surface area contributed by atoms with Crippen molar-refractivity contribution < 1.29 is 9.63 Å². The van der Waals surface area contributed by atoms with Crippen LogP contribution in [0.1, 0.15) is 5.56 Å². The highest BCUT2D eigenvalue weighted by atomic mass is 35.5. The number of aromatic amines is 1. The second kappa shape index (κ2) is 5.75. The second-order valence-electron chi connectivity index (χ2n) is 5.66. The predicted molar refractivity (Wildman–Crippen MR) is 94.7 cm³/mol. The fourth-order valence-corrected chi connectivity index (χ4v) is 2.85. The Morgan fingerprint density at radius 2 is 2.04 bits per heavy atom. The molecular weight excluding hydrogens is 342 g/mol. The number of pyridine rings is 1. The van der Waals surface area contributed by atoms with E-state index in [2.05, 4.69) is 15.1 Å². The Balaban J connectivity index is 1.89. The Kier molecular flexibility index (Phi) is 3.54. The number of aromatic nitrogens is 3. The third kappa shape index (κ3) is 2.66. The Labute approximate surface area is 146 Å². The maximum absolute atomic E-state index is 12.4. The van der Waals surface area contributed by atoms with Gasteiger partial charge in [0, 0.05) is 16.0 Å². The maximum atomic E-state index is 12.4. The minimum atomic E-state index is -0.504. The smallest absolute Gasteiger partial charge is 0.267 e. The lowest BCUT2D eigenvalue weighted by molar-refractivity contribution is 0.426. The maximum Gasteiger partial charge on any atom is 0.267 e. The Morgan fingerprint density at radius 3 is 2.84 bits per heavy atom. The summed E-state index contributed by atoms with van der Waals surface area (Å²) < 4.78 is 5.20. The lowest BCUT2D eigenvalue weighted by atomic mass is 10.1. The molecule has 0 radical (unpaired) electrons. The van der Waals surface area contributed by atoms with Crippen molar-refractivity contribution in [2.45, 2.75) is 6.92 Å². The third-order valence-electron chi connectivity index (χ3n) is 3.86. The van der Waals surface area contributed by atoms with E-state index >= 15 is 0 Å². The van der Waals surface area contributed by atoms with Crippen molar-refractivity contribution in [1.82, 2.24) is 15.1 Å². The van der Waals surface area contributed by atoms with Gasteiger partial charge in [-0.1, -0.05) is 40.5 Å². The number of aromatic hydroxyl groups is 1. The fourth-order valence-electron chi connectivity index (χ4n) is 2.66. The second-order valence-corrected chi connectivity index (χ2v) is 6.10. The zero-order chi connectivity index (χ0) is 17.6. The molecule has 2 heterocycles. The van der Waals surface area contributed by atoms with Crippen molar-refractivity contribution in [3.8, 4) is 28.6 Å². The van der Waals surface area contributed by atoms with Gasteiger partial charge in [0.2, 0.25) is 5.82 Å². The summed E-state index contributed by atoms with van der Waals surface area (Å²) in [5.74, 6) is 0.0292. The van der Waals surface area contributed by atoms with Crippen molar-refractivity contribution in [1.29, 1.82) is 0 Å². The largest absolute Gasteiger partial charge is 0.506 e. The van der Waals surface area contributed by atoms with E-state index in [0.717, 1.165) is 5.56 Å². The monoisotopic (exact) mass is 353 g/mol. The first-order valence-electron chi connectivity index (χ1n) is 7.48. The van der Waals surface area contributed by atoms with Crippen LogP contribution in [0.3, 0.4) is 0 Å². The van der Waals surface area contributed by atoms with Gasteiger partial charge in [-0.2, -0.15) is 4.98 Å². The zero-order valence-corrected chi connectivity index (χ0v) is 13.8. The number of H-pyrrole nitrogens is 1. The Bertz CT molecular complexity index is 1160. The van der Waals surface area contributed by atoms with Gasteiger partial charge in [0.05, 0.1) is 5.52 Å². The number of fused-ring (bicyclic) bond motifs is 1. The first kappa shape index (κ1) is 15.4. The normalized spacial score (nSPS) is 11.1. The summed E-state index contributed by atoms with van der Waals surface area (Å²) in [6.45, 7) is 1.90. The van der Waals surface area contributed by atoms with E-state index in [-0.39, 0.29) is 23.0 Å². The molecule has 6 nitrogen and oxygen atoms in total. The van der Waals surface area contributed by atoms with Crippen LogP contribution in [0.2, 0.25) is 5.02 Å². The van der Waals surface area contributed by atoms with E-state index in [1.807, 2.05) is 13.0 Å². The Morgan fingerprint density at radius 1 is 1.20 bits per heavy atom. The van der Waals surface area contributed by atoms with Crippen molar-refractivity contribution in [3.63, 3.8) is 0 Å².